The van der Waals surface area contributed by atoms with Crippen LogP contribution in [0.15, 0.2) is 22.7 Å². The highest BCUT2D eigenvalue weighted by Crippen LogP contribution is 2.37. The zero-order valence-corrected chi connectivity index (χ0v) is 11.2. The second-order valence-electron chi connectivity index (χ2n) is 3.68. The Bertz CT molecular complexity index is 379. The van der Waals surface area contributed by atoms with E-state index in [0.29, 0.717) is 17.6 Å². The summed E-state index contributed by atoms with van der Waals surface area (Å²) in [5.74, 6) is 0. The van der Waals surface area contributed by atoms with Gasteiger partial charge in [0.1, 0.15) is 0 Å². The van der Waals surface area contributed by atoms with E-state index in [-0.39, 0.29) is 5.69 Å². The molecule has 96 valence electrons. The maximum absolute atomic E-state index is 12.8. The summed E-state index contributed by atoms with van der Waals surface area (Å²) >= 11 is 3.19. The lowest BCUT2D eigenvalue weighted by atomic mass is 10.1. The molecular weight excluding hydrogens is 297 g/mol. The molecule has 6 heteroatoms. The largest absolute Gasteiger partial charge is 0.418 e. The van der Waals surface area contributed by atoms with Gasteiger partial charge < -0.3 is 10.2 Å². The summed E-state index contributed by atoms with van der Waals surface area (Å²) in [5.41, 5.74) is -0.429. The van der Waals surface area contributed by atoms with Gasteiger partial charge in [-0.2, -0.15) is 13.2 Å². The number of hydrogen-bond acceptors (Lipinski definition) is 2. The zero-order valence-electron chi connectivity index (χ0n) is 9.61. The second kappa shape index (κ2) is 5.73. The maximum Gasteiger partial charge on any atom is 0.418 e. The molecule has 0 saturated heterocycles. The van der Waals surface area contributed by atoms with E-state index in [9.17, 15) is 13.2 Å². The predicted octanol–water partition coefficient (Wildman–Crippen LogP) is 3.12. The highest BCUT2D eigenvalue weighted by atomic mass is 79.9. The van der Waals surface area contributed by atoms with Gasteiger partial charge >= 0.3 is 6.18 Å². The van der Waals surface area contributed by atoms with Crippen LogP contribution in [0.5, 0.6) is 0 Å². The van der Waals surface area contributed by atoms with E-state index in [1.807, 2.05) is 0 Å². The highest BCUT2D eigenvalue weighted by Gasteiger charge is 2.34. The Morgan fingerprint density at radius 3 is 2.53 bits per heavy atom. The van der Waals surface area contributed by atoms with Gasteiger partial charge in [0.05, 0.1) is 5.56 Å². The van der Waals surface area contributed by atoms with Crippen molar-refractivity contribution in [3.63, 3.8) is 0 Å². The number of rotatable bonds is 4. The van der Waals surface area contributed by atoms with E-state index < -0.39 is 11.7 Å². The Morgan fingerprint density at radius 1 is 1.35 bits per heavy atom. The van der Waals surface area contributed by atoms with Gasteiger partial charge in [-0.1, -0.05) is 15.9 Å². The van der Waals surface area contributed by atoms with Crippen molar-refractivity contribution in [1.82, 2.24) is 5.32 Å². The maximum atomic E-state index is 12.8. The molecule has 17 heavy (non-hydrogen) atoms. The summed E-state index contributed by atoms with van der Waals surface area (Å²) < 4.78 is 39.1. The molecule has 1 aromatic rings. The van der Waals surface area contributed by atoms with Gasteiger partial charge in [0.25, 0.3) is 0 Å². The van der Waals surface area contributed by atoms with E-state index in [0.717, 1.165) is 6.07 Å². The lowest BCUT2D eigenvalue weighted by molar-refractivity contribution is -0.137. The van der Waals surface area contributed by atoms with E-state index in [4.69, 9.17) is 0 Å². The summed E-state index contributed by atoms with van der Waals surface area (Å²) in [6.07, 6.45) is -4.33. The molecule has 0 fully saturated rings. The van der Waals surface area contributed by atoms with Crippen LogP contribution in [-0.2, 0) is 6.18 Å². The van der Waals surface area contributed by atoms with E-state index >= 15 is 0 Å². The van der Waals surface area contributed by atoms with Gasteiger partial charge in [-0.3, -0.25) is 0 Å². The van der Waals surface area contributed by atoms with E-state index in [1.54, 1.807) is 19.0 Å². The molecule has 1 N–H and O–H groups in total. The molecule has 0 aliphatic heterocycles. The van der Waals surface area contributed by atoms with Crippen molar-refractivity contribution in [1.29, 1.82) is 0 Å². The van der Waals surface area contributed by atoms with Gasteiger partial charge in [-0.25, -0.2) is 0 Å². The van der Waals surface area contributed by atoms with Crippen LogP contribution in [0.4, 0.5) is 18.9 Å². The van der Waals surface area contributed by atoms with Gasteiger partial charge in [-0.15, -0.1) is 0 Å². The SMILES string of the molecule is CNCCN(C)c1cc(Br)ccc1C(F)(F)F. The van der Waals surface area contributed by atoms with Crippen molar-refractivity contribution >= 4 is 21.6 Å². The Labute approximate surface area is 107 Å². The van der Waals surface area contributed by atoms with Gasteiger partial charge in [-0.05, 0) is 25.2 Å². The van der Waals surface area contributed by atoms with Gasteiger partial charge in [0.2, 0.25) is 0 Å². The monoisotopic (exact) mass is 310 g/mol. The minimum atomic E-state index is -4.33. The summed E-state index contributed by atoms with van der Waals surface area (Å²) in [5, 5.41) is 2.91. The molecule has 0 unspecified atom stereocenters. The number of anilines is 1. The third-order valence-corrected chi connectivity index (χ3v) is 2.87. The zero-order chi connectivity index (χ0) is 13.1. The minimum Gasteiger partial charge on any atom is -0.373 e. The van der Waals surface area contributed by atoms with Crippen LogP contribution in [0, 0.1) is 0 Å². The molecule has 1 aromatic carbocycles. The number of alkyl halides is 3. The lowest BCUT2D eigenvalue weighted by Gasteiger charge is -2.23. The third-order valence-electron chi connectivity index (χ3n) is 2.37. The van der Waals surface area contributed by atoms with Crippen molar-refractivity contribution in [2.75, 3.05) is 32.1 Å². The van der Waals surface area contributed by atoms with Gasteiger partial charge in [0, 0.05) is 30.3 Å². The lowest BCUT2D eigenvalue weighted by Crippen LogP contribution is -2.28. The average Bonchev–Trinajstić information content (AvgIpc) is 2.24. The van der Waals surface area contributed by atoms with Crippen LogP contribution in [0.1, 0.15) is 5.56 Å². The second-order valence-corrected chi connectivity index (χ2v) is 4.60. The van der Waals surface area contributed by atoms with Crippen LogP contribution in [0.3, 0.4) is 0 Å². The summed E-state index contributed by atoms with van der Waals surface area (Å²) in [7, 11) is 3.41. The summed E-state index contributed by atoms with van der Waals surface area (Å²) in [4.78, 5) is 1.59. The van der Waals surface area contributed by atoms with Crippen LogP contribution < -0.4 is 10.2 Å². The minimum absolute atomic E-state index is 0.183. The first-order chi connectivity index (χ1) is 7.86. The molecule has 0 amide bonds. The molecule has 0 atom stereocenters. The Kier molecular flexibility index (Phi) is 4.82. The van der Waals surface area contributed by atoms with E-state index in [1.165, 1.54) is 12.1 Å². The molecule has 0 bridgehead atoms. The van der Waals surface area contributed by atoms with Crippen molar-refractivity contribution in [2.45, 2.75) is 6.18 Å². The summed E-state index contributed by atoms with van der Waals surface area (Å²) in [6, 6.07) is 3.98. The first kappa shape index (κ1) is 14.3. The molecule has 0 radical (unpaired) electrons. The topological polar surface area (TPSA) is 15.3 Å². The summed E-state index contributed by atoms with van der Waals surface area (Å²) in [6.45, 7) is 1.14. The van der Waals surface area contributed by atoms with Crippen LogP contribution >= 0.6 is 15.9 Å². The molecule has 0 heterocycles. The van der Waals surface area contributed by atoms with Crippen LogP contribution in [0.2, 0.25) is 0 Å². The fourth-order valence-electron chi connectivity index (χ4n) is 1.46. The number of halogens is 4. The van der Waals surface area contributed by atoms with Crippen molar-refractivity contribution in [3.05, 3.63) is 28.2 Å². The molecule has 1 rings (SSSR count). The Morgan fingerprint density at radius 2 is 2.00 bits per heavy atom. The van der Waals surface area contributed by atoms with Crippen LogP contribution in [-0.4, -0.2) is 27.2 Å². The first-order valence-electron chi connectivity index (χ1n) is 5.08. The fourth-order valence-corrected chi connectivity index (χ4v) is 1.81. The fraction of sp³-hybridized carbons (Fsp3) is 0.455. The van der Waals surface area contributed by atoms with Crippen molar-refractivity contribution in [2.24, 2.45) is 0 Å². The number of likely N-dealkylation sites (N-methyl/N-ethyl adjacent to an activating group) is 2. The average molecular weight is 311 g/mol. The van der Waals surface area contributed by atoms with Gasteiger partial charge in [0.15, 0.2) is 0 Å². The van der Waals surface area contributed by atoms with E-state index in [2.05, 4.69) is 21.2 Å². The molecule has 0 aliphatic rings. The Hall–Kier alpha value is -0.750. The number of benzene rings is 1. The Balaban J connectivity index is 3.07. The third kappa shape index (κ3) is 3.89. The molecule has 0 saturated carbocycles. The quantitative estimate of drug-likeness (QED) is 0.919. The smallest absolute Gasteiger partial charge is 0.373 e. The molecular formula is C11H14BrF3N2. The normalized spacial score (nSPS) is 11.6. The van der Waals surface area contributed by atoms with Crippen molar-refractivity contribution < 1.29 is 13.2 Å². The molecule has 0 aliphatic carbocycles. The predicted molar refractivity (Wildman–Crippen MR) is 66.3 cm³/mol. The molecule has 0 aromatic heterocycles. The molecule has 0 spiro atoms. The molecule has 2 nitrogen and oxygen atoms in total. The number of nitrogens with one attached hydrogen (secondary N) is 1. The standard InChI is InChI=1S/C11H14BrF3N2/c1-16-5-6-17(2)10-7-8(12)3-4-9(10)11(13,14)15/h3-4,7,16H,5-6H2,1-2H3. The number of hydrogen-bond donors (Lipinski definition) is 1. The number of nitrogens with zero attached hydrogens (tertiary/aromatic N) is 1. The van der Waals surface area contributed by atoms with Crippen molar-refractivity contribution in [3.8, 4) is 0 Å². The highest BCUT2D eigenvalue weighted by molar-refractivity contribution is 9.10. The first-order valence-corrected chi connectivity index (χ1v) is 5.88. The van der Waals surface area contributed by atoms with Crippen LogP contribution in [0.25, 0.3) is 0 Å².